The SMILES string of the molecule is COC1CC(CO)C(OC2CC(COCCS(=O)(=O)c3ccc(CCc4ccc5c(c4O)C(=O)c4ccc(O)c(O)c4C5=O)cc3)C(C)C(O)C2O)C(C)C1O.COC1CC(CO)C(OC2CC(COCCS(=O)(=O)c3ccc(Cc4c5sc6cc(N(C)C)ccc6nc-5ccc4=[N+](C)C)cc3)C(C)C(O)C2O)C(C)C1O. The molecule has 1 aliphatic heterocycles. The molecule has 0 aromatic heterocycles. The zero-order chi connectivity index (χ0) is 81.1. The number of carbonyl (C=O) groups is 2. The zero-order valence-corrected chi connectivity index (χ0v) is 67.3. The maximum atomic E-state index is 13.4. The van der Waals surface area contributed by atoms with Crippen molar-refractivity contribution in [3.63, 3.8) is 0 Å². The Morgan fingerprint density at radius 3 is 1.48 bits per heavy atom. The summed E-state index contributed by atoms with van der Waals surface area (Å²) in [6, 6.07) is 29.0. The van der Waals surface area contributed by atoms with E-state index >= 15 is 0 Å². The van der Waals surface area contributed by atoms with Gasteiger partial charge in [-0.25, -0.2) is 26.4 Å². The summed E-state index contributed by atoms with van der Waals surface area (Å²) in [6.45, 7) is 7.04. The van der Waals surface area contributed by atoms with Crippen molar-refractivity contribution in [2.45, 2.75) is 156 Å². The Kier molecular flexibility index (Phi) is 28.0. The third-order valence-corrected chi connectivity index (χ3v) is 28.6. The summed E-state index contributed by atoms with van der Waals surface area (Å²) in [5.41, 5.74) is 5.53. The first kappa shape index (κ1) is 85.9. The molecule has 0 saturated heterocycles. The quantitative estimate of drug-likeness (QED) is 0.0141. The summed E-state index contributed by atoms with van der Waals surface area (Å²) in [6.07, 6.45) is -7.03. The number of aliphatic hydroxyl groups is 8. The summed E-state index contributed by atoms with van der Waals surface area (Å²) in [5.74, 6) is -6.05. The van der Waals surface area contributed by atoms with Gasteiger partial charge in [0.05, 0.1) is 127 Å². The van der Waals surface area contributed by atoms with Crippen LogP contribution in [0.15, 0.2) is 113 Å². The molecule has 4 saturated carbocycles. The highest BCUT2D eigenvalue weighted by Gasteiger charge is 2.50. The van der Waals surface area contributed by atoms with Crippen molar-refractivity contribution in [2.75, 3.05) is 98.5 Å². The fourth-order valence-electron chi connectivity index (χ4n) is 16.7. The van der Waals surface area contributed by atoms with E-state index < -0.39 is 122 Å². The van der Waals surface area contributed by atoms with Crippen molar-refractivity contribution in [1.82, 2.24) is 9.56 Å². The van der Waals surface area contributed by atoms with E-state index in [4.69, 9.17) is 33.4 Å². The molecule has 610 valence electrons. The molecule has 6 aliphatic carbocycles. The molecule has 20 unspecified atom stereocenters. The Balaban J connectivity index is 0.000000221. The number of ether oxygens (including phenoxy) is 6. The third kappa shape index (κ3) is 18.3. The van der Waals surface area contributed by atoms with Gasteiger partial charge < -0.3 is 89.5 Å². The summed E-state index contributed by atoms with van der Waals surface area (Å²) < 4.78 is 91.6. The van der Waals surface area contributed by atoms with E-state index in [0.29, 0.717) is 44.1 Å². The van der Waals surface area contributed by atoms with Crippen molar-refractivity contribution in [2.24, 2.45) is 47.3 Å². The molecule has 0 amide bonds. The second kappa shape index (κ2) is 36.5. The molecule has 20 atom stereocenters. The number of aryl methyl sites for hydroxylation is 2. The van der Waals surface area contributed by atoms with Gasteiger partial charge in [-0.1, -0.05) is 58.0 Å². The van der Waals surface area contributed by atoms with Gasteiger partial charge in [0.1, 0.15) is 32.1 Å². The van der Waals surface area contributed by atoms with Crippen molar-refractivity contribution in [3.8, 4) is 27.8 Å². The van der Waals surface area contributed by atoms with Crippen LogP contribution >= 0.6 is 11.3 Å². The zero-order valence-electron chi connectivity index (χ0n) is 64.9. The topological polar surface area (TPSA) is 399 Å². The number of methoxy groups -OCH3 is 2. The number of sulfone groups is 2. The fourth-order valence-corrected chi connectivity index (χ4v) is 20.1. The molecule has 26 nitrogen and oxygen atoms in total. The molecular formula is C83H108N3O23S3+. The highest BCUT2D eigenvalue weighted by atomic mass is 32.2. The Morgan fingerprint density at radius 1 is 0.536 bits per heavy atom. The number of aromatic hydroxyl groups is 3. The summed E-state index contributed by atoms with van der Waals surface area (Å²) in [5, 5.41) is 117. The van der Waals surface area contributed by atoms with Crippen molar-refractivity contribution in [3.05, 3.63) is 153 Å². The van der Waals surface area contributed by atoms with Gasteiger partial charge in [0.2, 0.25) is 5.36 Å². The Morgan fingerprint density at radius 2 is 1.01 bits per heavy atom. The molecule has 1 heterocycles. The number of hydrogen-bond donors (Lipinski definition) is 11. The molecule has 7 aliphatic rings. The van der Waals surface area contributed by atoms with E-state index in [0.717, 1.165) is 54.6 Å². The van der Waals surface area contributed by atoms with Crippen molar-refractivity contribution < 1.29 is 111 Å². The number of carbonyl (C=O) groups excluding carboxylic acids is 2. The Bertz CT molecular complexity index is 4730. The molecule has 112 heavy (non-hydrogen) atoms. The number of rotatable bonds is 26. The van der Waals surface area contributed by atoms with Crippen LogP contribution < -0.4 is 14.8 Å². The summed E-state index contributed by atoms with van der Waals surface area (Å²) in [4.78, 5) is 34.8. The molecule has 4 fully saturated rings. The number of benzene rings is 6. The van der Waals surface area contributed by atoms with Gasteiger partial charge >= 0.3 is 0 Å². The van der Waals surface area contributed by atoms with Crippen LogP contribution in [0.2, 0.25) is 0 Å². The minimum Gasteiger partial charge on any atom is -0.507 e. The van der Waals surface area contributed by atoms with E-state index in [9.17, 15) is 82.6 Å². The van der Waals surface area contributed by atoms with Gasteiger partial charge in [-0.3, -0.25) is 9.59 Å². The number of aliphatic hydroxyl groups excluding tert-OH is 8. The van der Waals surface area contributed by atoms with Gasteiger partial charge in [0.25, 0.3) is 0 Å². The maximum Gasteiger partial charge on any atom is 0.204 e. The molecular weight excluding hydrogens is 1500 g/mol. The maximum absolute atomic E-state index is 13.4. The van der Waals surface area contributed by atoms with Crippen molar-refractivity contribution >= 4 is 58.5 Å². The van der Waals surface area contributed by atoms with Gasteiger partial charge in [0.15, 0.2) is 42.7 Å². The second-order valence-corrected chi connectivity index (χ2v) is 36.7. The molecule has 5 aromatic rings. The lowest BCUT2D eigenvalue weighted by molar-refractivity contribution is -0.216. The van der Waals surface area contributed by atoms with Crippen LogP contribution in [0, 0.1) is 47.3 Å². The third-order valence-electron chi connectivity index (χ3n) is 24.0. The van der Waals surface area contributed by atoms with Crippen LogP contribution in [0.25, 0.3) is 20.8 Å². The van der Waals surface area contributed by atoms with Gasteiger partial charge in [0, 0.05) is 113 Å². The van der Waals surface area contributed by atoms with E-state index in [1.165, 1.54) is 44.6 Å². The summed E-state index contributed by atoms with van der Waals surface area (Å²) in [7, 11) is 3.73. The lowest BCUT2D eigenvalue weighted by Crippen LogP contribution is -2.57. The Labute approximate surface area is 657 Å². The lowest BCUT2D eigenvalue weighted by Gasteiger charge is -2.47. The van der Waals surface area contributed by atoms with Gasteiger partial charge in [-0.05, 0) is 146 Å². The van der Waals surface area contributed by atoms with E-state index in [2.05, 4.69) is 39.8 Å². The first-order valence-corrected chi connectivity index (χ1v) is 42.3. The highest BCUT2D eigenvalue weighted by Crippen LogP contribution is 2.45. The van der Waals surface area contributed by atoms with Crippen LogP contribution in [-0.4, -0.2) is 256 Å². The second-order valence-electron chi connectivity index (χ2n) is 31.4. The molecule has 12 rings (SSSR count). The van der Waals surface area contributed by atoms with Gasteiger partial charge in [-0.15, -0.1) is 11.3 Å². The van der Waals surface area contributed by atoms with Crippen molar-refractivity contribution in [1.29, 1.82) is 0 Å². The van der Waals surface area contributed by atoms with Gasteiger partial charge in [-0.2, -0.15) is 0 Å². The number of aromatic nitrogens is 1. The number of ketones is 2. The molecule has 5 aromatic carbocycles. The first-order chi connectivity index (χ1) is 53.2. The minimum atomic E-state index is -3.74. The van der Waals surface area contributed by atoms with Crippen LogP contribution in [0.4, 0.5) is 5.69 Å². The standard InChI is InChI=1S/C42H58N3O9S2.C41H50O14S/c1-24-28(20-36(40(49)39(24)48)54-41-25(2)38(47)35(52-7)19-27(41)22-46)23-53-16-17-56(50,51)30-11-8-26(9-12-30)18-31-34(45(5)6)15-14-33-42(31)55-37-21-29(44(3)4)10-13-32(37)43-33;1-20-25(17-31(40(50)35(20)45)55-41-21(2)34(44)30(53-3)16-24(41)18-42)19-54-14-15-56(51,52)26-9-5-22(6-10-26)4-7-23-8-11-27-32(36(23)46)37(47)28-12-13-29(43)39(49)33(28)38(27)48/h8-15,21,24-25,27-28,35-36,38-41,46-49H,16-20,22-23H2,1-7H3;5-6,8-13,20-21,24-25,30-31,34-35,40-46,49-50H,4,7,14-19H2,1-3H3/q+1;. The molecule has 0 radical (unpaired) electrons. The largest absolute Gasteiger partial charge is 0.507 e. The highest BCUT2D eigenvalue weighted by molar-refractivity contribution is 7.91. The van der Waals surface area contributed by atoms with E-state index in [-0.39, 0.29) is 137 Å². The van der Waals surface area contributed by atoms with E-state index in [1.54, 1.807) is 49.4 Å². The predicted octanol–water partition coefficient (Wildman–Crippen LogP) is 5.35. The first-order valence-electron chi connectivity index (χ1n) is 38.2. The molecule has 0 spiro atoms. The monoisotopic (exact) mass is 1610 g/mol. The fraction of sp³-hybridized carbons (Fsp3) is 0.542. The number of nitrogens with zero attached hydrogens (tertiary/aromatic N) is 3. The summed E-state index contributed by atoms with van der Waals surface area (Å²) >= 11 is 1.72. The normalized spacial score (nSPS) is 28.8. The average Bonchev–Trinajstić information content (AvgIpc) is 0.739. The molecule has 29 heteroatoms. The molecule has 0 bridgehead atoms. The Hall–Kier alpha value is -6.98. The lowest BCUT2D eigenvalue weighted by atomic mass is 9.74. The van der Waals surface area contributed by atoms with E-state index in [1.807, 2.05) is 54.2 Å². The number of phenolic OH excluding ortho intramolecular Hbond substituents is 3. The predicted molar refractivity (Wildman–Crippen MR) is 419 cm³/mol. The number of anilines is 1. The number of fused-ring (bicyclic) bond motifs is 4. The smallest absolute Gasteiger partial charge is 0.204 e. The van der Waals surface area contributed by atoms with Crippen LogP contribution in [0.3, 0.4) is 0 Å². The van der Waals surface area contributed by atoms with Crippen LogP contribution in [-0.2, 0) is 67.4 Å². The minimum absolute atomic E-state index is 0.0333. The average molecular weight is 1610 g/mol. The van der Waals surface area contributed by atoms with Crippen LogP contribution in [0.5, 0.6) is 17.2 Å². The van der Waals surface area contributed by atoms with Crippen LogP contribution in [0.1, 0.15) is 107 Å². The molecule has 11 N–H and O–H groups in total. The number of phenols is 3. The number of hydrogen-bond acceptors (Lipinski definition) is 26.